The number of halogens is 2. The normalized spacial score (nSPS) is 24.2. The highest BCUT2D eigenvalue weighted by atomic mass is 79.9. The van der Waals surface area contributed by atoms with Gasteiger partial charge < -0.3 is 9.80 Å². The molecule has 0 saturated carbocycles. The molecule has 2 nitrogen and oxygen atoms in total. The summed E-state index contributed by atoms with van der Waals surface area (Å²) in [5, 5.41) is 0. The zero-order valence-electron chi connectivity index (χ0n) is 12.5. The molecule has 4 rings (SSSR count). The van der Waals surface area contributed by atoms with Gasteiger partial charge in [-0.3, -0.25) is 0 Å². The summed E-state index contributed by atoms with van der Waals surface area (Å²) in [6.45, 7) is 2.31. The highest BCUT2D eigenvalue weighted by Crippen LogP contribution is 2.48. The summed E-state index contributed by atoms with van der Waals surface area (Å²) >= 11 is 7.18. The molecule has 2 aliphatic heterocycles. The summed E-state index contributed by atoms with van der Waals surface area (Å²) in [7, 11) is 2.23. The minimum absolute atomic E-state index is 0.571. The number of nitrogens with zero attached hydrogens (tertiary/aromatic N) is 2. The molecule has 0 radical (unpaired) electrons. The number of likely N-dealkylation sites (N-methyl/N-ethyl adjacent to an activating group) is 1. The van der Waals surface area contributed by atoms with Crippen LogP contribution in [0.2, 0.25) is 0 Å². The van der Waals surface area contributed by atoms with Crippen LogP contribution in [-0.4, -0.2) is 31.1 Å². The van der Waals surface area contributed by atoms with Gasteiger partial charge in [-0.05, 0) is 68.0 Å². The van der Waals surface area contributed by atoms with Crippen LogP contribution in [0.3, 0.4) is 0 Å². The lowest BCUT2D eigenvalue weighted by molar-refractivity contribution is 0.236. The lowest BCUT2D eigenvalue weighted by Crippen LogP contribution is -2.43. The molecule has 1 fully saturated rings. The van der Waals surface area contributed by atoms with Crippen LogP contribution in [0.1, 0.15) is 17.9 Å². The smallest absolute Gasteiger partial charge is 0.0451 e. The first-order chi connectivity index (χ1) is 10.6. The number of benzene rings is 2. The first-order valence-corrected chi connectivity index (χ1v) is 9.25. The molecule has 0 aliphatic carbocycles. The Morgan fingerprint density at radius 3 is 2.50 bits per heavy atom. The van der Waals surface area contributed by atoms with Gasteiger partial charge in [-0.1, -0.05) is 31.9 Å². The van der Waals surface area contributed by atoms with Gasteiger partial charge >= 0.3 is 0 Å². The Balaban J connectivity index is 1.83. The van der Waals surface area contributed by atoms with Crippen molar-refractivity contribution in [3.8, 4) is 0 Å². The Hall–Kier alpha value is -0.840. The number of likely N-dealkylation sites (tertiary alicyclic amines) is 1. The maximum absolute atomic E-state index is 3.64. The van der Waals surface area contributed by atoms with Crippen LogP contribution in [0.4, 0.5) is 11.4 Å². The highest BCUT2D eigenvalue weighted by molar-refractivity contribution is 9.10. The number of rotatable bonds is 1. The Kier molecular flexibility index (Phi) is 3.79. The Morgan fingerprint density at radius 1 is 1.00 bits per heavy atom. The molecule has 1 saturated heterocycles. The summed E-state index contributed by atoms with van der Waals surface area (Å²) in [5.41, 5.74) is 4.15. The quantitative estimate of drug-likeness (QED) is 0.628. The zero-order chi connectivity index (χ0) is 15.3. The predicted molar refractivity (Wildman–Crippen MR) is 99.1 cm³/mol. The molecular weight excluding hydrogens is 404 g/mol. The van der Waals surface area contributed by atoms with Crippen molar-refractivity contribution in [3.05, 3.63) is 57.0 Å². The van der Waals surface area contributed by atoms with Gasteiger partial charge in [-0.25, -0.2) is 0 Å². The number of fused-ring (bicyclic) bond motifs is 3. The topological polar surface area (TPSA) is 6.48 Å². The summed E-state index contributed by atoms with van der Waals surface area (Å²) < 4.78 is 2.31. The van der Waals surface area contributed by atoms with E-state index in [1.165, 1.54) is 34.4 Å². The van der Waals surface area contributed by atoms with Gasteiger partial charge in [0.25, 0.3) is 0 Å². The van der Waals surface area contributed by atoms with Gasteiger partial charge in [-0.2, -0.15) is 0 Å². The van der Waals surface area contributed by atoms with Crippen LogP contribution >= 0.6 is 31.9 Å². The molecule has 0 spiro atoms. The van der Waals surface area contributed by atoms with Crippen molar-refractivity contribution in [1.29, 1.82) is 0 Å². The van der Waals surface area contributed by atoms with Gasteiger partial charge in [0.05, 0.1) is 0 Å². The number of anilines is 2. The summed E-state index contributed by atoms with van der Waals surface area (Å²) in [6, 6.07) is 16.0. The van der Waals surface area contributed by atoms with E-state index in [4.69, 9.17) is 0 Å². The standard InChI is InChI=1S/C18H18Br2N2/c1-21-9-8-18-16(11-21)15-10-13(20)4-7-17(15)22(18)14-5-2-12(19)3-6-14/h2-7,10,16,18H,8-9,11H2,1H3. The van der Waals surface area contributed by atoms with E-state index in [2.05, 4.69) is 91.2 Å². The van der Waals surface area contributed by atoms with Crippen molar-refractivity contribution >= 4 is 43.2 Å². The van der Waals surface area contributed by atoms with E-state index in [1.807, 2.05) is 0 Å². The van der Waals surface area contributed by atoms with Gasteiger partial charge in [0.1, 0.15) is 0 Å². The molecule has 2 aliphatic rings. The third-order valence-electron chi connectivity index (χ3n) is 4.86. The van der Waals surface area contributed by atoms with Gasteiger partial charge in [0.15, 0.2) is 0 Å². The minimum atomic E-state index is 0.571. The Bertz CT molecular complexity index is 699. The largest absolute Gasteiger partial charge is 0.337 e. The third kappa shape index (κ3) is 2.41. The minimum Gasteiger partial charge on any atom is -0.337 e. The van der Waals surface area contributed by atoms with Crippen molar-refractivity contribution in [3.63, 3.8) is 0 Å². The second kappa shape index (κ2) is 5.66. The van der Waals surface area contributed by atoms with E-state index >= 15 is 0 Å². The molecule has 22 heavy (non-hydrogen) atoms. The maximum Gasteiger partial charge on any atom is 0.0451 e. The number of hydrogen-bond donors (Lipinski definition) is 0. The molecule has 2 aromatic rings. The average molecular weight is 422 g/mol. The molecule has 2 heterocycles. The van der Waals surface area contributed by atoms with Crippen LogP contribution in [0.5, 0.6) is 0 Å². The van der Waals surface area contributed by atoms with E-state index in [9.17, 15) is 0 Å². The van der Waals surface area contributed by atoms with Crippen LogP contribution in [-0.2, 0) is 0 Å². The molecule has 0 N–H and O–H groups in total. The molecule has 2 atom stereocenters. The fraction of sp³-hybridized carbons (Fsp3) is 0.333. The zero-order valence-corrected chi connectivity index (χ0v) is 15.6. The molecule has 0 bridgehead atoms. The van der Waals surface area contributed by atoms with Gasteiger partial charge in [-0.15, -0.1) is 0 Å². The molecule has 2 aromatic carbocycles. The first-order valence-electron chi connectivity index (χ1n) is 7.66. The summed E-state index contributed by atoms with van der Waals surface area (Å²) in [5.74, 6) is 0.592. The number of hydrogen-bond acceptors (Lipinski definition) is 2. The SMILES string of the molecule is CN1CCC2C(C1)c1cc(Br)ccc1N2c1ccc(Br)cc1. The lowest BCUT2D eigenvalue weighted by Gasteiger charge is -2.37. The maximum atomic E-state index is 3.64. The molecular formula is C18H18Br2N2. The predicted octanol–water partition coefficient (Wildman–Crippen LogP) is 5.15. The van der Waals surface area contributed by atoms with Crippen LogP contribution in [0.25, 0.3) is 0 Å². The van der Waals surface area contributed by atoms with Crippen molar-refractivity contribution in [2.24, 2.45) is 0 Å². The fourth-order valence-corrected chi connectivity index (χ4v) is 4.51. The monoisotopic (exact) mass is 420 g/mol. The van der Waals surface area contributed by atoms with Crippen LogP contribution < -0.4 is 4.90 Å². The van der Waals surface area contributed by atoms with E-state index in [1.54, 1.807) is 0 Å². The number of piperidine rings is 1. The molecule has 2 unspecified atom stereocenters. The molecule has 114 valence electrons. The second-order valence-electron chi connectivity index (χ2n) is 6.27. The summed E-state index contributed by atoms with van der Waals surface area (Å²) in [4.78, 5) is 5.00. The fourth-order valence-electron chi connectivity index (χ4n) is 3.87. The van der Waals surface area contributed by atoms with Crippen molar-refractivity contribution in [1.82, 2.24) is 4.90 Å². The van der Waals surface area contributed by atoms with Crippen molar-refractivity contribution < 1.29 is 0 Å². The van der Waals surface area contributed by atoms with E-state index in [-0.39, 0.29) is 0 Å². The van der Waals surface area contributed by atoms with E-state index in [0.717, 1.165) is 11.0 Å². The molecule has 0 aromatic heterocycles. The first kappa shape index (κ1) is 14.7. The van der Waals surface area contributed by atoms with Crippen molar-refractivity contribution in [2.75, 3.05) is 25.0 Å². The van der Waals surface area contributed by atoms with Crippen molar-refractivity contribution in [2.45, 2.75) is 18.4 Å². The van der Waals surface area contributed by atoms with Crippen LogP contribution in [0.15, 0.2) is 51.4 Å². The summed E-state index contributed by atoms with van der Waals surface area (Å²) in [6.07, 6.45) is 1.21. The molecule has 4 heteroatoms. The van der Waals surface area contributed by atoms with Gasteiger partial charge in [0, 0.05) is 38.8 Å². The molecule has 0 amide bonds. The third-order valence-corrected chi connectivity index (χ3v) is 5.89. The Morgan fingerprint density at radius 2 is 1.73 bits per heavy atom. The second-order valence-corrected chi connectivity index (χ2v) is 8.11. The lowest BCUT2D eigenvalue weighted by atomic mass is 9.89. The van der Waals surface area contributed by atoms with E-state index < -0.39 is 0 Å². The van der Waals surface area contributed by atoms with Crippen LogP contribution in [0, 0.1) is 0 Å². The van der Waals surface area contributed by atoms with E-state index in [0.29, 0.717) is 12.0 Å². The average Bonchev–Trinajstić information content (AvgIpc) is 2.81. The van der Waals surface area contributed by atoms with Gasteiger partial charge in [0.2, 0.25) is 0 Å². The highest BCUT2D eigenvalue weighted by Gasteiger charge is 2.41. The Labute approximate surface area is 148 Å².